The molecule has 0 radical (unpaired) electrons. The minimum atomic E-state index is -9.35. The molecule has 0 aliphatic rings. The molecule has 0 aliphatic carbocycles. The van der Waals surface area contributed by atoms with Crippen LogP contribution in [0.4, 0.5) is 140 Å². The highest BCUT2D eigenvalue weighted by Crippen LogP contribution is 2.61. The minimum absolute atomic E-state index is 0.768. The lowest BCUT2D eigenvalue weighted by atomic mass is 10.2. The molecule has 0 N–H and O–H groups in total. The molecule has 0 aromatic heterocycles. The molecule has 0 saturated heterocycles. The molecule has 6 nitrogen and oxygen atoms in total. The third kappa shape index (κ3) is 10.0. The maximum Gasteiger partial charge on any atom is 0.529 e. The number of hydrogen-bond acceptors (Lipinski definition) is 6. The Labute approximate surface area is 262 Å². The first-order valence-corrected chi connectivity index (χ1v) is 10.5. The highest BCUT2D eigenvalue weighted by Gasteiger charge is 2.90. The Morgan fingerprint density at radius 1 is 0.189 bits per heavy atom. The zero-order chi connectivity index (χ0) is 43.7. The minimum Gasteiger partial charge on any atom is -0.263 e. The van der Waals surface area contributed by atoms with E-state index in [4.69, 9.17) is 0 Å². The third-order valence-corrected chi connectivity index (χ3v) is 4.50. The molecule has 0 fully saturated rings. The fourth-order valence-electron chi connectivity index (χ4n) is 2.39. The number of hydrogen-bond donors (Lipinski definition) is 0. The van der Waals surface area contributed by atoms with Gasteiger partial charge >= 0.3 is 91.6 Å². The van der Waals surface area contributed by atoms with E-state index in [0.29, 0.717) is 0 Å². The predicted octanol–water partition coefficient (Wildman–Crippen LogP) is 9.96. The van der Waals surface area contributed by atoms with Crippen LogP contribution < -0.4 is 0 Å². The smallest absolute Gasteiger partial charge is 0.263 e. The van der Waals surface area contributed by atoms with E-state index >= 15 is 0 Å². The van der Waals surface area contributed by atoms with E-state index < -0.39 is 91.6 Å². The molecule has 0 spiro atoms. The van der Waals surface area contributed by atoms with Gasteiger partial charge in [-0.1, -0.05) is 0 Å². The molecule has 320 valence electrons. The molecule has 0 aromatic carbocycles. The van der Waals surface area contributed by atoms with E-state index in [-0.39, 0.29) is 0 Å². The van der Waals surface area contributed by atoms with Gasteiger partial charge < -0.3 is 0 Å². The van der Waals surface area contributed by atoms with Gasteiger partial charge in [0.2, 0.25) is 0 Å². The van der Waals surface area contributed by atoms with Gasteiger partial charge in [0.05, 0.1) is 0 Å². The SMILES string of the molecule is FC(F)(F)OC(F)(F)OC(F)(F)C(F)(OC(F)(F)C(F)(OC(F)(F)C(F)(OC(F)(F)C(F)(OC(F)(F)F)C(F)(F)F)C(F)(F)F)C(F)(F)F)C(F)(F)F. The van der Waals surface area contributed by atoms with Crippen molar-refractivity contribution < 1.29 is 169 Å². The normalized spacial score (nSPS) is 20.4. The van der Waals surface area contributed by atoms with Gasteiger partial charge in [0.1, 0.15) is 0 Å². The molecular weight excluding hydrogens is 884 g/mol. The van der Waals surface area contributed by atoms with Crippen LogP contribution in [0.3, 0.4) is 0 Å². The van der Waals surface area contributed by atoms with Crippen LogP contribution in [-0.2, 0) is 28.4 Å². The Hall–Kier alpha value is -2.48. The van der Waals surface area contributed by atoms with Crippen LogP contribution in [0, 0.1) is 0 Å². The molecule has 4 unspecified atom stereocenters. The first-order valence-electron chi connectivity index (χ1n) is 10.5. The largest absolute Gasteiger partial charge is 0.529 e. The second-order valence-corrected chi connectivity index (χ2v) is 8.41. The zero-order valence-electron chi connectivity index (χ0n) is 22.0. The Bertz CT molecular complexity index is 1260. The standard InChI is InChI=1S/C15F32O6/c16-1(5(20,21)22,10(34,35)50-3(18,7(26,27)28)12(38,39)52-15(46,47)53-14(43,44)45)48-9(32,33)2(17,6(23,24)25)49-11(36,37)4(19,8(29,30)31)51-13(40,41)42. The van der Waals surface area contributed by atoms with Crippen LogP contribution in [-0.4, -0.2) is 91.6 Å². The van der Waals surface area contributed by atoms with E-state index in [1.165, 1.54) is 4.74 Å². The average Bonchev–Trinajstić information content (AvgIpc) is 2.76. The molecule has 0 heterocycles. The lowest BCUT2D eigenvalue weighted by Gasteiger charge is -2.44. The summed E-state index contributed by atoms with van der Waals surface area (Å²) in [4.78, 5) is 0. The maximum absolute atomic E-state index is 14.4. The van der Waals surface area contributed by atoms with Crippen molar-refractivity contribution in [3.8, 4) is 0 Å². The fraction of sp³-hybridized carbons (Fsp3) is 1.00. The summed E-state index contributed by atoms with van der Waals surface area (Å²) in [7, 11) is 0. The van der Waals surface area contributed by atoms with Gasteiger partial charge in [-0.2, -0.15) is 110 Å². The van der Waals surface area contributed by atoms with Crippen LogP contribution in [0.15, 0.2) is 0 Å². The van der Waals surface area contributed by atoms with E-state index in [9.17, 15) is 140 Å². The molecule has 0 bridgehead atoms. The summed E-state index contributed by atoms with van der Waals surface area (Å²) in [5.41, 5.74) is 0. The quantitative estimate of drug-likeness (QED) is 0.128. The first-order chi connectivity index (χ1) is 22.2. The van der Waals surface area contributed by atoms with Crippen molar-refractivity contribution >= 4 is 0 Å². The molecule has 0 aliphatic heterocycles. The topological polar surface area (TPSA) is 55.4 Å². The summed E-state index contributed by atoms with van der Waals surface area (Å²) >= 11 is 0. The zero-order valence-corrected chi connectivity index (χ0v) is 22.0. The molecule has 0 amide bonds. The Morgan fingerprint density at radius 3 is 0.528 bits per heavy atom. The fourth-order valence-corrected chi connectivity index (χ4v) is 2.39. The van der Waals surface area contributed by atoms with Crippen molar-refractivity contribution in [3.05, 3.63) is 0 Å². The summed E-state index contributed by atoms with van der Waals surface area (Å²) in [5, 5.41) is 0. The number of alkyl halides is 32. The Balaban J connectivity index is 7.69. The number of rotatable bonds is 14. The maximum atomic E-state index is 14.4. The molecule has 0 aromatic rings. The molecule has 0 saturated carbocycles. The first kappa shape index (κ1) is 50.5. The van der Waals surface area contributed by atoms with E-state index in [2.05, 4.69) is 0 Å². The average molecular weight is 884 g/mol. The second kappa shape index (κ2) is 13.3. The second-order valence-electron chi connectivity index (χ2n) is 8.41. The summed E-state index contributed by atoms with van der Waals surface area (Å²) in [6, 6.07) is 0. The molecule has 38 heteroatoms. The summed E-state index contributed by atoms with van der Waals surface area (Å²) in [5.74, 6) is -36.1. The van der Waals surface area contributed by atoms with E-state index in [0.717, 1.165) is 23.7 Å². The van der Waals surface area contributed by atoms with Gasteiger partial charge in [-0.25, -0.2) is 9.47 Å². The van der Waals surface area contributed by atoms with Crippen molar-refractivity contribution in [2.75, 3.05) is 0 Å². The summed E-state index contributed by atoms with van der Waals surface area (Å²) < 4.78 is 425. The summed E-state index contributed by atoms with van der Waals surface area (Å²) in [6.45, 7) is 0. The molecule has 4 atom stereocenters. The summed E-state index contributed by atoms with van der Waals surface area (Å²) in [6.07, 6.45) is -93.4. The van der Waals surface area contributed by atoms with Gasteiger partial charge in [0.15, 0.2) is 0 Å². The van der Waals surface area contributed by atoms with Crippen molar-refractivity contribution in [2.24, 2.45) is 0 Å². The lowest BCUT2D eigenvalue weighted by Crippen LogP contribution is -2.72. The highest BCUT2D eigenvalue weighted by molar-refractivity contribution is 4.99. The van der Waals surface area contributed by atoms with Crippen molar-refractivity contribution in [1.29, 1.82) is 0 Å². The highest BCUT2D eigenvalue weighted by atomic mass is 19.5. The predicted molar refractivity (Wildman–Crippen MR) is 82.9 cm³/mol. The van der Waals surface area contributed by atoms with Crippen LogP contribution in [0.2, 0.25) is 0 Å². The molecule has 0 rings (SSSR count). The van der Waals surface area contributed by atoms with E-state index in [1.54, 1.807) is 0 Å². The van der Waals surface area contributed by atoms with Gasteiger partial charge in [-0.15, -0.1) is 35.1 Å². The molecular formula is C15F32O6. The Kier molecular flexibility index (Phi) is 12.7. The third-order valence-electron chi connectivity index (χ3n) is 4.50. The van der Waals surface area contributed by atoms with Gasteiger partial charge in [-0.05, 0) is 0 Å². The Morgan fingerprint density at radius 2 is 0.358 bits per heavy atom. The van der Waals surface area contributed by atoms with Crippen molar-refractivity contribution in [3.63, 3.8) is 0 Å². The van der Waals surface area contributed by atoms with Crippen LogP contribution >= 0.6 is 0 Å². The van der Waals surface area contributed by atoms with Crippen molar-refractivity contribution in [2.45, 2.75) is 91.6 Å². The number of ether oxygens (including phenoxy) is 6. The van der Waals surface area contributed by atoms with Crippen LogP contribution in [0.5, 0.6) is 0 Å². The van der Waals surface area contributed by atoms with E-state index in [1.807, 2.05) is 0 Å². The van der Waals surface area contributed by atoms with Crippen LogP contribution in [0.1, 0.15) is 0 Å². The van der Waals surface area contributed by atoms with Gasteiger partial charge in [0.25, 0.3) is 0 Å². The van der Waals surface area contributed by atoms with Gasteiger partial charge in [-0.3, -0.25) is 14.2 Å². The lowest BCUT2D eigenvalue weighted by molar-refractivity contribution is -0.608. The van der Waals surface area contributed by atoms with Crippen molar-refractivity contribution in [1.82, 2.24) is 0 Å². The van der Waals surface area contributed by atoms with Crippen LogP contribution in [0.25, 0.3) is 0 Å². The monoisotopic (exact) mass is 884 g/mol. The number of halogens is 32. The molecule has 53 heavy (non-hydrogen) atoms. The van der Waals surface area contributed by atoms with Gasteiger partial charge in [0, 0.05) is 0 Å².